The molecule has 0 fully saturated rings. The minimum absolute atomic E-state index is 0.0300. The molecule has 0 aliphatic carbocycles. The van der Waals surface area contributed by atoms with E-state index in [1.165, 1.54) is 11.8 Å². The van der Waals surface area contributed by atoms with Crippen molar-refractivity contribution in [2.75, 3.05) is 24.7 Å². The molecule has 6 heteroatoms. The average Bonchev–Trinajstić information content (AvgIpc) is 2.34. The Morgan fingerprint density at radius 2 is 2.25 bits per heavy atom. The molecule has 0 spiro atoms. The number of nitrogens with one attached hydrogen (secondary N) is 2. The third kappa shape index (κ3) is 4.48. The average molecular weight is 240 g/mol. The first-order chi connectivity index (χ1) is 7.76. The van der Waals surface area contributed by atoms with Crippen LogP contribution < -0.4 is 10.6 Å². The molecule has 0 radical (unpaired) electrons. The molecule has 0 bridgehead atoms. The van der Waals surface area contributed by atoms with E-state index in [4.69, 9.17) is 0 Å². The van der Waals surface area contributed by atoms with Crippen molar-refractivity contribution in [3.05, 3.63) is 12.1 Å². The highest BCUT2D eigenvalue weighted by molar-refractivity contribution is 7.98. The molecule has 0 aliphatic rings. The zero-order valence-corrected chi connectivity index (χ0v) is 10.3. The number of carbonyl (C=O) groups is 1. The summed E-state index contributed by atoms with van der Waals surface area (Å²) < 4.78 is 0. The lowest BCUT2D eigenvalue weighted by molar-refractivity contribution is -0.119. The number of rotatable bonds is 6. The van der Waals surface area contributed by atoms with Gasteiger partial charge in [0.1, 0.15) is 10.8 Å². The molecule has 0 aromatic carbocycles. The molecule has 0 aliphatic heterocycles. The third-order valence-corrected chi connectivity index (χ3v) is 2.49. The maximum Gasteiger partial charge on any atom is 0.239 e. The molecular weight excluding hydrogens is 224 g/mol. The normalized spacial score (nSPS) is 9.88. The molecule has 2 N–H and O–H groups in total. The maximum atomic E-state index is 11.3. The van der Waals surface area contributed by atoms with E-state index in [9.17, 15) is 4.79 Å². The van der Waals surface area contributed by atoms with Gasteiger partial charge in [0.2, 0.25) is 5.91 Å². The Kier molecular flexibility index (Phi) is 5.63. The number of carbonyl (C=O) groups excluding carboxylic acids is 1. The topological polar surface area (TPSA) is 66.9 Å². The van der Waals surface area contributed by atoms with Crippen LogP contribution in [-0.4, -0.2) is 35.4 Å². The SMILES string of the molecule is CCCNC(=O)CNc1ccc(SC)nn1. The smallest absolute Gasteiger partial charge is 0.239 e. The number of hydrogen-bond acceptors (Lipinski definition) is 5. The summed E-state index contributed by atoms with van der Waals surface area (Å²) in [6.07, 6.45) is 2.88. The van der Waals surface area contributed by atoms with E-state index < -0.39 is 0 Å². The number of aromatic nitrogens is 2. The first-order valence-electron chi connectivity index (χ1n) is 5.14. The van der Waals surface area contributed by atoms with Gasteiger partial charge in [-0.3, -0.25) is 4.79 Å². The van der Waals surface area contributed by atoms with Crippen LogP contribution in [0.1, 0.15) is 13.3 Å². The quantitative estimate of drug-likeness (QED) is 0.730. The molecule has 0 unspecified atom stereocenters. The summed E-state index contributed by atoms with van der Waals surface area (Å²) >= 11 is 1.53. The highest BCUT2D eigenvalue weighted by Gasteiger charge is 2.01. The number of hydrogen-bond donors (Lipinski definition) is 2. The Morgan fingerprint density at radius 3 is 2.81 bits per heavy atom. The molecular formula is C10H16N4OS. The molecule has 1 aromatic heterocycles. The van der Waals surface area contributed by atoms with Crippen LogP contribution in [0.3, 0.4) is 0 Å². The molecule has 5 nitrogen and oxygen atoms in total. The fraction of sp³-hybridized carbons (Fsp3) is 0.500. The molecule has 1 heterocycles. The van der Waals surface area contributed by atoms with E-state index in [2.05, 4.69) is 20.8 Å². The minimum atomic E-state index is -0.0300. The van der Waals surface area contributed by atoms with Crippen LogP contribution in [-0.2, 0) is 4.79 Å². The Bertz CT molecular complexity index is 328. The summed E-state index contributed by atoms with van der Waals surface area (Å²) in [5, 5.41) is 14.4. The Hall–Kier alpha value is -1.30. The molecule has 0 saturated heterocycles. The van der Waals surface area contributed by atoms with E-state index >= 15 is 0 Å². The standard InChI is InChI=1S/C10H16N4OS/c1-3-6-11-9(15)7-12-8-4-5-10(16-2)14-13-8/h4-5H,3,6-7H2,1-2H3,(H,11,15)(H,12,13). The van der Waals surface area contributed by atoms with E-state index in [-0.39, 0.29) is 12.5 Å². The largest absolute Gasteiger partial charge is 0.360 e. The molecule has 1 rings (SSSR count). The molecule has 16 heavy (non-hydrogen) atoms. The number of amides is 1. The van der Waals surface area contributed by atoms with Gasteiger partial charge in [0.15, 0.2) is 0 Å². The predicted octanol–water partition coefficient (Wildman–Crippen LogP) is 1.14. The summed E-state index contributed by atoms with van der Waals surface area (Å²) in [5.41, 5.74) is 0. The van der Waals surface area contributed by atoms with Crippen LogP contribution in [0.25, 0.3) is 0 Å². The number of anilines is 1. The van der Waals surface area contributed by atoms with Gasteiger partial charge in [0, 0.05) is 6.54 Å². The van der Waals surface area contributed by atoms with Crippen molar-refractivity contribution < 1.29 is 4.79 Å². The molecule has 1 aromatic rings. The van der Waals surface area contributed by atoms with Crippen LogP contribution in [0.5, 0.6) is 0 Å². The van der Waals surface area contributed by atoms with Gasteiger partial charge in [-0.15, -0.1) is 22.0 Å². The Balaban J connectivity index is 2.33. The van der Waals surface area contributed by atoms with E-state index in [1.54, 1.807) is 0 Å². The lowest BCUT2D eigenvalue weighted by Crippen LogP contribution is -2.30. The van der Waals surface area contributed by atoms with Gasteiger partial charge in [-0.25, -0.2) is 0 Å². The van der Waals surface area contributed by atoms with Gasteiger partial charge in [-0.05, 0) is 24.8 Å². The highest BCUT2D eigenvalue weighted by Crippen LogP contribution is 2.10. The van der Waals surface area contributed by atoms with Crippen LogP contribution >= 0.6 is 11.8 Å². The molecule has 88 valence electrons. The van der Waals surface area contributed by atoms with Gasteiger partial charge in [-0.2, -0.15) is 0 Å². The monoisotopic (exact) mass is 240 g/mol. The van der Waals surface area contributed by atoms with E-state index in [1.807, 2.05) is 25.3 Å². The second-order valence-corrected chi connectivity index (χ2v) is 3.99. The van der Waals surface area contributed by atoms with Crippen molar-refractivity contribution in [2.24, 2.45) is 0 Å². The second-order valence-electron chi connectivity index (χ2n) is 3.16. The summed E-state index contributed by atoms with van der Waals surface area (Å²) in [7, 11) is 0. The third-order valence-electron chi connectivity index (χ3n) is 1.85. The van der Waals surface area contributed by atoms with Crippen molar-refractivity contribution in [3.63, 3.8) is 0 Å². The summed E-state index contributed by atoms with van der Waals surface area (Å²) in [6, 6.07) is 3.68. The summed E-state index contributed by atoms with van der Waals surface area (Å²) in [5.74, 6) is 0.585. The maximum absolute atomic E-state index is 11.3. The Morgan fingerprint density at radius 1 is 1.44 bits per heavy atom. The van der Waals surface area contributed by atoms with Crippen molar-refractivity contribution in [1.82, 2.24) is 15.5 Å². The van der Waals surface area contributed by atoms with E-state index in [0.29, 0.717) is 12.4 Å². The molecule has 0 saturated carbocycles. The van der Waals surface area contributed by atoms with Crippen molar-refractivity contribution in [2.45, 2.75) is 18.4 Å². The van der Waals surface area contributed by atoms with Crippen molar-refractivity contribution >= 4 is 23.5 Å². The van der Waals surface area contributed by atoms with Crippen LogP contribution in [0.4, 0.5) is 5.82 Å². The van der Waals surface area contributed by atoms with Crippen LogP contribution in [0.2, 0.25) is 0 Å². The summed E-state index contributed by atoms with van der Waals surface area (Å²) in [4.78, 5) is 11.3. The zero-order valence-electron chi connectivity index (χ0n) is 9.49. The highest BCUT2D eigenvalue weighted by atomic mass is 32.2. The number of thioether (sulfide) groups is 1. The first kappa shape index (κ1) is 12.8. The van der Waals surface area contributed by atoms with Crippen molar-refractivity contribution in [1.29, 1.82) is 0 Å². The first-order valence-corrected chi connectivity index (χ1v) is 6.37. The van der Waals surface area contributed by atoms with Crippen LogP contribution in [0.15, 0.2) is 17.2 Å². The fourth-order valence-corrected chi connectivity index (χ4v) is 1.35. The zero-order chi connectivity index (χ0) is 11.8. The fourth-order valence-electron chi connectivity index (χ4n) is 1.02. The van der Waals surface area contributed by atoms with Gasteiger partial charge in [-0.1, -0.05) is 6.92 Å². The number of nitrogens with zero attached hydrogens (tertiary/aromatic N) is 2. The molecule has 0 atom stereocenters. The molecule has 1 amide bonds. The van der Waals surface area contributed by atoms with E-state index in [0.717, 1.165) is 11.4 Å². The Labute approximate surface area is 99.4 Å². The second kappa shape index (κ2) is 7.05. The minimum Gasteiger partial charge on any atom is -0.360 e. The summed E-state index contributed by atoms with van der Waals surface area (Å²) in [6.45, 7) is 2.95. The predicted molar refractivity (Wildman–Crippen MR) is 65.6 cm³/mol. The van der Waals surface area contributed by atoms with Gasteiger partial charge in [0.25, 0.3) is 0 Å². The van der Waals surface area contributed by atoms with Crippen molar-refractivity contribution in [3.8, 4) is 0 Å². The van der Waals surface area contributed by atoms with Gasteiger partial charge in [0.05, 0.1) is 6.54 Å². The van der Waals surface area contributed by atoms with Gasteiger partial charge < -0.3 is 10.6 Å². The van der Waals surface area contributed by atoms with Gasteiger partial charge >= 0.3 is 0 Å². The van der Waals surface area contributed by atoms with Crippen LogP contribution in [0, 0.1) is 0 Å². The lowest BCUT2D eigenvalue weighted by Gasteiger charge is -2.05. The lowest BCUT2D eigenvalue weighted by atomic mass is 10.4.